The molecule has 0 aliphatic carbocycles. The Morgan fingerprint density at radius 3 is 2.56 bits per heavy atom. The van der Waals surface area contributed by atoms with Crippen molar-refractivity contribution in [2.75, 3.05) is 25.6 Å². The Balaban J connectivity index is 1.98. The summed E-state index contributed by atoms with van der Waals surface area (Å²) in [4.78, 5) is 35.8. The number of hydrogen-bond acceptors (Lipinski definition) is 6. The third-order valence-corrected chi connectivity index (χ3v) is 5.25. The first-order valence-corrected chi connectivity index (χ1v) is 11.5. The van der Waals surface area contributed by atoms with Gasteiger partial charge in [-0.15, -0.1) is 0 Å². The molecule has 10 heteroatoms. The van der Waals surface area contributed by atoms with Crippen molar-refractivity contribution >= 4 is 45.6 Å². The minimum Gasteiger partial charge on any atom is -0.493 e. The maximum Gasteiger partial charge on any atom is 0.329 e. The SMILES string of the molecule is CCCCNC(=O)C(=O)N/N=C\c1cc(Br)c(OCC(=O)Nc2ccc(C)cc2C)c(OC)c1. The number of anilines is 1. The van der Waals surface area contributed by atoms with Crippen LogP contribution in [0.1, 0.15) is 36.5 Å². The number of amides is 3. The van der Waals surface area contributed by atoms with Gasteiger partial charge in [0.25, 0.3) is 5.91 Å². The molecule has 0 unspecified atom stereocenters. The number of nitrogens with zero attached hydrogens (tertiary/aromatic N) is 1. The molecular formula is C24H29BrN4O5. The lowest BCUT2D eigenvalue weighted by Gasteiger charge is -2.14. The summed E-state index contributed by atoms with van der Waals surface area (Å²) in [6.07, 6.45) is 3.06. The van der Waals surface area contributed by atoms with Crippen molar-refractivity contribution in [3.63, 3.8) is 0 Å². The number of halogens is 1. The number of ether oxygens (including phenoxy) is 2. The Kier molecular flexibility index (Phi) is 10.5. The quantitative estimate of drug-likeness (QED) is 0.187. The lowest BCUT2D eigenvalue weighted by atomic mass is 10.1. The van der Waals surface area contributed by atoms with Crippen LogP contribution in [0.5, 0.6) is 11.5 Å². The van der Waals surface area contributed by atoms with E-state index in [1.807, 2.05) is 39.0 Å². The van der Waals surface area contributed by atoms with Crippen molar-refractivity contribution in [3.8, 4) is 11.5 Å². The van der Waals surface area contributed by atoms with E-state index < -0.39 is 11.8 Å². The van der Waals surface area contributed by atoms with E-state index in [2.05, 4.69) is 37.1 Å². The summed E-state index contributed by atoms with van der Waals surface area (Å²) in [6, 6.07) is 9.05. The smallest absolute Gasteiger partial charge is 0.329 e. The molecular weight excluding hydrogens is 504 g/mol. The number of unbranched alkanes of at least 4 members (excludes halogenated alkanes) is 1. The van der Waals surface area contributed by atoms with E-state index in [-0.39, 0.29) is 12.5 Å². The topological polar surface area (TPSA) is 118 Å². The van der Waals surface area contributed by atoms with E-state index in [1.165, 1.54) is 13.3 Å². The monoisotopic (exact) mass is 532 g/mol. The Labute approximate surface area is 207 Å². The second-order valence-electron chi connectivity index (χ2n) is 7.50. The second-order valence-corrected chi connectivity index (χ2v) is 8.35. The number of methoxy groups -OCH3 is 1. The maximum absolute atomic E-state index is 12.4. The molecule has 0 fully saturated rings. The number of nitrogens with one attached hydrogen (secondary N) is 3. The summed E-state index contributed by atoms with van der Waals surface area (Å²) < 4.78 is 11.6. The number of benzene rings is 2. The van der Waals surface area contributed by atoms with Crippen LogP contribution in [-0.2, 0) is 14.4 Å². The van der Waals surface area contributed by atoms with Crippen molar-refractivity contribution in [1.29, 1.82) is 0 Å². The Morgan fingerprint density at radius 2 is 1.88 bits per heavy atom. The fourth-order valence-corrected chi connectivity index (χ4v) is 3.48. The van der Waals surface area contributed by atoms with Crippen molar-refractivity contribution in [2.45, 2.75) is 33.6 Å². The van der Waals surface area contributed by atoms with Crippen LogP contribution in [0.3, 0.4) is 0 Å². The molecule has 2 aromatic carbocycles. The van der Waals surface area contributed by atoms with E-state index in [0.29, 0.717) is 28.1 Å². The molecule has 0 saturated carbocycles. The zero-order valence-corrected chi connectivity index (χ0v) is 21.2. The highest BCUT2D eigenvalue weighted by Crippen LogP contribution is 2.36. The first-order chi connectivity index (χ1) is 16.2. The van der Waals surface area contributed by atoms with E-state index >= 15 is 0 Å². The molecule has 182 valence electrons. The molecule has 0 aliphatic heterocycles. The standard InChI is InChI=1S/C24H29BrN4O5/c1-5-6-9-26-23(31)24(32)29-27-13-17-11-18(25)22(20(12-17)33-4)34-14-21(30)28-19-8-7-15(2)10-16(19)3/h7-8,10-13H,5-6,9,14H2,1-4H3,(H,26,31)(H,28,30)(H,29,32)/b27-13-. The predicted octanol–water partition coefficient (Wildman–Crippen LogP) is 3.46. The van der Waals surface area contributed by atoms with Crippen LogP contribution in [0.2, 0.25) is 0 Å². The van der Waals surface area contributed by atoms with Gasteiger partial charge in [-0.05, 0) is 65.5 Å². The van der Waals surface area contributed by atoms with E-state index in [9.17, 15) is 14.4 Å². The largest absolute Gasteiger partial charge is 0.493 e. The number of aryl methyl sites for hydroxylation is 2. The maximum atomic E-state index is 12.4. The molecule has 0 bridgehead atoms. The highest BCUT2D eigenvalue weighted by atomic mass is 79.9. The van der Waals surface area contributed by atoms with Gasteiger partial charge in [-0.25, -0.2) is 5.43 Å². The molecule has 9 nitrogen and oxygen atoms in total. The summed E-state index contributed by atoms with van der Waals surface area (Å²) in [5.41, 5.74) is 5.54. The minimum atomic E-state index is -0.854. The third kappa shape index (κ3) is 8.18. The van der Waals surface area contributed by atoms with Crippen LogP contribution in [-0.4, -0.2) is 44.2 Å². The summed E-state index contributed by atoms with van der Waals surface area (Å²) in [7, 11) is 1.47. The van der Waals surface area contributed by atoms with E-state index in [0.717, 1.165) is 29.7 Å². The number of carbonyl (C=O) groups excluding carboxylic acids is 3. The summed E-state index contributed by atoms with van der Waals surface area (Å²) in [5, 5.41) is 9.14. The molecule has 0 radical (unpaired) electrons. The molecule has 0 saturated heterocycles. The summed E-state index contributed by atoms with van der Waals surface area (Å²) in [6.45, 7) is 6.10. The van der Waals surface area contributed by atoms with Gasteiger partial charge in [0.15, 0.2) is 18.1 Å². The second kappa shape index (κ2) is 13.3. The first-order valence-electron chi connectivity index (χ1n) is 10.7. The zero-order chi connectivity index (χ0) is 25.1. The first kappa shape index (κ1) is 26.8. The van der Waals surface area contributed by atoms with Gasteiger partial charge < -0.3 is 20.1 Å². The average Bonchev–Trinajstić information content (AvgIpc) is 2.79. The van der Waals surface area contributed by atoms with Gasteiger partial charge in [0.1, 0.15) is 0 Å². The number of hydrogen-bond donors (Lipinski definition) is 3. The molecule has 0 spiro atoms. The molecule has 2 rings (SSSR count). The van der Waals surface area contributed by atoms with Gasteiger partial charge in [-0.3, -0.25) is 14.4 Å². The normalized spacial score (nSPS) is 10.6. The molecule has 3 N–H and O–H groups in total. The van der Waals surface area contributed by atoms with Crippen LogP contribution in [0, 0.1) is 13.8 Å². The predicted molar refractivity (Wildman–Crippen MR) is 134 cm³/mol. The van der Waals surface area contributed by atoms with Crippen molar-refractivity contribution in [2.24, 2.45) is 5.10 Å². The Hall–Kier alpha value is -3.40. The Bertz CT molecular complexity index is 1070. The lowest BCUT2D eigenvalue weighted by Crippen LogP contribution is -2.38. The summed E-state index contributed by atoms with van der Waals surface area (Å²) >= 11 is 3.40. The molecule has 0 atom stereocenters. The van der Waals surface area contributed by atoms with Crippen LogP contribution in [0.15, 0.2) is 39.9 Å². The average molecular weight is 533 g/mol. The van der Waals surface area contributed by atoms with Gasteiger partial charge in [0, 0.05) is 12.2 Å². The molecule has 34 heavy (non-hydrogen) atoms. The van der Waals surface area contributed by atoms with Crippen molar-refractivity contribution in [3.05, 3.63) is 51.5 Å². The van der Waals surface area contributed by atoms with Crippen LogP contribution >= 0.6 is 15.9 Å². The van der Waals surface area contributed by atoms with E-state index in [4.69, 9.17) is 9.47 Å². The van der Waals surface area contributed by atoms with Crippen LogP contribution in [0.25, 0.3) is 0 Å². The van der Waals surface area contributed by atoms with Crippen molar-refractivity contribution in [1.82, 2.24) is 10.7 Å². The van der Waals surface area contributed by atoms with Gasteiger partial charge in [-0.1, -0.05) is 31.0 Å². The van der Waals surface area contributed by atoms with Crippen LogP contribution < -0.4 is 25.5 Å². The highest BCUT2D eigenvalue weighted by molar-refractivity contribution is 9.10. The zero-order valence-electron chi connectivity index (χ0n) is 19.7. The highest BCUT2D eigenvalue weighted by Gasteiger charge is 2.15. The van der Waals surface area contributed by atoms with Gasteiger partial charge >= 0.3 is 11.8 Å². The fraction of sp³-hybridized carbons (Fsp3) is 0.333. The van der Waals surface area contributed by atoms with Gasteiger partial charge in [0.05, 0.1) is 17.8 Å². The van der Waals surface area contributed by atoms with Gasteiger partial charge in [0.2, 0.25) is 0 Å². The Morgan fingerprint density at radius 1 is 1.12 bits per heavy atom. The van der Waals surface area contributed by atoms with Gasteiger partial charge in [-0.2, -0.15) is 5.10 Å². The minimum absolute atomic E-state index is 0.223. The fourth-order valence-electron chi connectivity index (χ4n) is 2.91. The molecule has 0 heterocycles. The van der Waals surface area contributed by atoms with Crippen LogP contribution in [0.4, 0.5) is 5.69 Å². The molecule has 2 aromatic rings. The number of carbonyl (C=O) groups is 3. The number of hydrazone groups is 1. The number of rotatable bonds is 10. The third-order valence-electron chi connectivity index (χ3n) is 4.66. The van der Waals surface area contributed by atoms with Crippen molar-refractivity contribution < 1.29 is 23.9 Å². The molecule has 0 aromatic heterocycles. The lowest BCUT2D eigenvalue weighted by molar-refractivity contribution is -0.139. The molecule has 3 amide bonds. The summed E-state index contributed by atoms with van der Waals surface area (Å²) in [5.74, 6) is -1.21. The molecule has 0 aliphatic rings. The van der Waals surface area contributed by atoms with E-state index in [1.54, 1.807) is 12.1 Å².